The van der Waals surface area contributed by atoms with Gasteiger partial charge in [0.1, 0.15) is 23.9 Å². The van der Waals surface area contributed by atoms with Gasteiger partial charge >= 0.3 is 0 Å². The number of ether oxygens (including phenoxy) is 1. The molecule has 0 bridgehead atoms. The molecule has 0 saturated heterocycles. The predicted molar refractivity (Wildman–Crippen MR) is 121 cm³/mol. The second-order valence-corrected chi connectivity index (χ2v) is 7.01. The summed E-state index contributed by atoms with van der Waals surface area (Å²) in [5.41, 5.74) is 4.27. The van der Waals surface area contributed by atoms with Crippen LogP contribution in [0.15, 0.2) is 77.9 Å². The lowest BCUT2D eigenvalue weighted by Crippen LogP contribution is -2.21. The Hall–Kier alpha value is -4.33. The molecule has 32 heavy (non-hydrogen) atoms. The minimum Gasteiger partial charge on any atom is -0.508 e. The van der Waals surface area contributed by atoms with E-state index in [1.807, 2.05) is 30.3 Å². The zero-order valence-electron chi connectivity index (χ0n) is 17.4. The van der Waals surface area contributed by atoms with E-state index in [0.717, 1.165) is 11.6 Å². The Morgan fingerprint density at radius 2 is 1.69 bits per heavy atom. The topological polar surface area (TPSA) is 120 Å². The van der Waals surface area contributed by atoms with Crippen LogP contribution in [0.2, 0.25) is 0 Å². The zero-order chi connectivity index (χ0) is 22.9. The minimum atomic E-state index is -0.659. The van der Waals surface area contributed by atoms with Crippen molar-refractivity contribution in [2.75, 3.05) is 5.32 Å². The first-order chi connectivity index (χ1) is 15.4. The lowest BCUT2D eigenvalue weighted by atomic mass is 10.2. The van der Waals surface area contributed by atoms with Gasteiger partial charge in [0.25, 0.3) is 5.91 Å². The summed E-state index contributed by atoms with van der Waals surface area (Å²) in [4.78, 5) is 24.3. The van der Waals surface area contributed by atoms with Gasteiger partial charge in [-0.05, 0) is 48.9 Å². The van der Waals surface area contributed by atoms with Crippen molar-refractivity contribution in [1.82, 2.24) is 5.43 Å². The molecule has 8 heteroatoms. The molecule has 3 aromatic rings. The van der Waals surface area contributed by atoms with Crippen molar-refractivity contribution >= 4 is 23.2 Å². The van der Waals surface area contributed by atoms with Crippen LogP contribution < -0.4 is 15.5 Å². The van der Waals surface area contributed by atoms with Gasteiger partial charge in [0.05, 0.1) is 12.0 Å². The van der Waals surface area contributed by atoms with Crippen LogP contribution in [0.25, 0.3) is 0 Å². The fraction of sp³-hybridized carbons (Fsp3) is 0.125. The summed E-state index contributed by atoms with van der Waals surface area (Å²) in [7, 11) is 0. The van der Waals surface area contributed by atoms with Gasteiger partial charge in [-0.25, -0.2) is 5.43 Å². The maximum absolute atomic E-state index is 12.2. The van der Waals surface area contributed by atoms with Gasteiger partial charge < -0.3 is 20.3 Å². The normalized spacial score (nSPS) is 11.0. The summed E-state index contributed by atoms with van der Waals surface area (Å²) in [5, 5.41) is 25.6. The maximum atomic E-state index is 12.2. The number of nitrogens with one attached hydrogen (secondary N) is 2. The average Bonchev–Trinajstić information content (AvgIpc) is 2.77. The summed E-state index contributed by atoms with van der Waals surface area (Å²) in [5.74, 6) is -0.806. The lowest BCUT2D eigenvalue weighted by Gasteiger charge is -2.09. The molecule has 0 aromatic heterocycles. The van der Waals surface area contributed by atoms with E-state index in [1.54, 1.807) is 31.2 Å². The van der Waals surface area contributed by atoms with Crippen LogP contribution in [-0.2, 0) is 11.4 Å². The number of rotatable bonds is 8. The van der Waals surface area contributed by atoms with Gasteiger partial charge in [-0.15, -0.1) is 0 Å². The third kappa shape index (κ3) is 6.60. The number of anilines is 1. The number of hydrogen-bond donors (Lipinski definition) is 4. The molecule has 0 fully saturated rings. The van der Waals surface area contributed by atoms with Gasteiger partial charge in [0.2, 0.25) is 5.91 Å². The largest absolute Gasteiger partial charge is 0.508 e. The predicted octanol–water partition coefficient (Wildman–Crippen LogP) is 3.81. The molecule has 8 nitrogen and oxygen atoms in total. The molecule has 2 amide bonds. The summed E-state index contributed by atoms with van der Waals surface area (Å²) >= 11 is 0. The summed E-state index contributed by atoms with van der Waals surface area (Å²) in [6.07, 6.45) is -0.0336. The quantitative estimate of drug-likeness (QED) is 0.318. The third-order valence-electron chi connectivity index (χ3n) is 4.38. The van der Waals surface area contributed by atoms with Crippen molar-refractivity contribution in [3.8, 4) is 17.2 Å². The molecule has 0 radical (unpaired) electrons. The molecule has 0 aliphatic heterocycles. The van der Waals surface area contributed by atoms with Gasteiger partial charge in [0.15, 0.2) is 0 Å². The number of hydrazone groups is 1. The molecule has 4 N–H and O–H groups in total. The molecule has 0 unspecified atom stereocenters. The van der Waals surface area contributed by atoms with E-state index >= 15 is 0 Å². The fourth-order valence-corrected chi connectivity index (χ4v) is 2.77. The van der Waals surface area contributed by atoms with Crippen LogP contribution in [0.3, 0.4) is 0 Å². The third-order valence-corrected chi connectivity index (χ3v) is 4.38. The van der Waals surface area contributed by atoms with E-state index in [9.17, 15) is 19.8 Å². The number of amides is 2. The number of hydrogen-bond acceptors (Lipinski definition) is 6. The monoisotopic (exact) mass is 433 g/mol. The molecule has 0 heterocycles. The highest BCUT2D eigenvalue weighted by molar-refractivity contribution is 6.06. The smallest absolute Gasteiger partial charge is 0.275 e. The van der Waals surface area contributed by atoms with Crippen LogP contribution in [0.4, 0.5) is 5.69 Å². The second-order valence-electron chi connectivity index (χ2n) is 7.01. The molecule has 0 aliphatic rings. The van der Waals surface area contributed by atoms with Crippen LogP contribution in [0, 0.1) is 0 Å². The zero-order valence-corrected chi connectivity index (χ0v) is 17.4. The first kappa shape index (κ1) is 22.4. The van der Waals surface area contributed by atoms with E-state index in [1.165, 1.54) is 12.1 Å². The Morgan fingerprint density at radius 1 is 0.969 bits per heavy atom. The molecule has 0 saturated carbocycles. The SMILES string of the molecule is CC(CC(=O)Nc1ccc(OCc2ccccc2)cc1)=NNC(=O)c1ccc(O)cc1O. The maximum Gasteiger partial charge on any atom is 0.275 e. The molecule has 0 spiro atoms. The highest BCUT2D eigenvalue weighted by Gasteiger charge is 2.12. The van der Waals surface area contributed by atoms with Crippen LogP contribution in [0.5, 0.6) is 17.2 Å². The van der Waals surface area contributed by atoms with Gasteiger partial charge in [-0.2, -0.15) is 5.10 Å². The van der Waals surface area contributed by atoms with Crippen LogP contribution in [0.1, 0.15) is 29.3 Å². The first-order valence-corrected chi connectivity index (χ1v) is 9.83. The van der Waals surface area contributed by atoms with E-state index in [2.05, 4.69) is 15.8 Å². The van der Waals surface area contributed by atoms with Crippen molar-refractivity contribution in [3.05, 3.63) is 83.9 Å². The number of benzene rings is 3. The Bertz CT molecular complexity index is 1110. The Morgan fingerprint density at radius 3 is 2.38 bits per heavy atom. The van der Waals surface area contributed by atoms with Crippen molar-refractivity contribution in [3.63, 3.8) is 0 Å². The first-order valence-electron chi connectivity index (χ1n) is 9.83. The van der Waals surface area contributed by atoms with Crippen molar-refractivity contribution < 1.29 is 24.5 Å². The number of phenolic OH excluding ortho intramolecular Hbond substituents is 2. The summed E-state index contributed by atoms with van der Waals surface area (Å²) in [6, 6.07) is 20.4. The average molecular weight is 433 g/mol. The number of carbonyl (C=O) groups excluding carboxylic acids is 2. The molecule has 0 atom stereocenters. The van der Waals surface area contributed by atoms with Crippen LogP contribution in [-0.4, -0.2) is 27.7 Å². The molecular weight excluding hydrogens is 410 g/mol. The Kier molecular flexibility index (Phi) is 7.42. The second kappa shape index (κ2) is 10.6. The van der Waals surface area contributed by atoms with E-state index < -0.39 is 5.91 Å². The highest BCUT2D eigenvalue weighted by Crippen LogP contribution is 2.22. The van der Waals surface area contributed by atoms with Crippen molar-refractivity contribution in [2.24, 2.45) is 5.10 Å². The van der Waals surface area contributed by atoms with Crippen LogP contribution >= 0.6 is 0 Å². The van der Waals surface area contributed by atoms with E-state index in [-0.39, 0.29) is 29.4 Å². The number of aromatic hydroxyl groups is 2. The van der Waals surface area contributed by atoms with Crippen molar-refractivity contribution in [2.45, 2.75) is 20.0 Å². The van der Waals surface area contributed by atoms with Crippen molar-refractivity contribution in [1.29, 1.82) is 0 Å². The number of phenols is 2. The van der Waals surface area contributed by atoms with Gasteiger partial charge in [-0.3, -0.25) is 9.59 Å². The summed E-state index contributed by atoms with van der Waals surface area (Å²) in [6.45, 7) is 2.05. The molecule has 0 aliphatic carbocycles. The Labute approximate surface area is 185 Å². The molecule has 3 rings (SSSR count). The Balaban J connectivity index is 1.47. The number of nitrogens with zero attached hydrogens (tertiary/aromatic N) is 1. The van der Waals surface area contributed by atoms with Gasteiger partial charge in [0, 0.05) is 17.5 Å². The standard InChI is InChI=1S/C24H23N3O5/c1-16(26-27-24(31)21-12-9-19(28)14-22(21)29)13-23(30)25-18-7-10-20(11-8-18)32-15-17-5-3-2-4-6-17/h2-12,14,28-29H,13,15H2,1H3,(H,25,30)(H,27,31). The highest BCUT2D eigenvalue weighted by atomic mass is 16.5. The van der Waals surface area contributed by atoms with Gasteiger partial charge in [-0.1, -0.05) is 30.3 Å². The fourth-order valence-electron chi connectivity index (χ4n) is 2.77. The summed E-state index contributed by atoms with van der Waals surface area (Å²) < 4.78 is 5.72. The molecular formula is C24H23N3O5. The minimum absolute atomic E-state index is 0.0336. The molecule has 164 valence electrons. The number of carbonyl (C=O) groups is 2. The molecule has 3 aromatic carbocycles. The van der Waals surface area contributed by atoms with E-state index in [0.29, 0.717) is 23.8 Å². The van der Waals surface area contributed by atoms with E-state index in [4.69, 9.17) is 4.74 Å². The lowest BCUT2D eigenvalue weighted by molar-refractivity contribution is -0.115.